The lowest BCUT2D eigenvalue weighted by atomic mass is 10.1. The highest BCUT2D eigenvalue weighted by Crippen LogP contribution is 2.32. The molecule has 0 atom stereocenters. The first kappa shape index (κ1) is 23.1. The number of thioether (sulfide) groups is 1. The lowest BCUT2D eigenvalue weighted by molar-refractivity contribution is -0.387. The molecule has 32 heavy (non-hydrogen) atoms. The van der Waals surface area contributed by atoms with Crippen molar-refractivity contribution in [1.82, 2.24) is 0 Å². The van der Waals surface area contributed by atoms with Gasteiger partial charge in [-0.1, -0.05) is 0 Å². The van der Waals surface area contributed by atoms with Crippen LogP contribution in [0.3, 0.4) is 0 Å². The van der Waals surface area contributed by atoms with E-state index >= 15 is 0 Å². The molecular formula is C21H23N5O5S. The molecule has 11 heteroatoms. The Hall–Kier alpha value is -3.60. The van der Waals surface area contributed by atoms with E-state index < -0.39 is 22.6 Å². The SMILES string of the molecule is NC(=O)c1ccc(N2CCCCC2)c(NC(=O)CSc2ccc(C(N)=O)cc2[N+](=O)[O-])c1. The van der Waals surface area contributed by atoms with Crippen LogP contribution in [0.5, 0.6) is 0 Å². The summed E-state index contributed by atoms with van der Waals surface area (Å²) in [6.07, 6.45) is 3.21. The van der Waals surface area contributed by atoms with E-state index in [4.69, 9.17) is 11.5 Å². The molecule has 1 aliphatic heterocycles. The number of anilines is 2. The number of nitro groups is 1. The van der Waals surface area contributed by atoms with E-state index in [0.29, 0.717) is 5.69 Å². The summed E-state index contributed by atoms with van der Waals surface area (Å²) >= 11 is 0.964. The van der Waals surface area contributed by atoms with Crippen molar-refractivity contribution in [2.24, 2.45) is 11.5 Å². The van der Waals surface area contributed by atoms with Crippen molar-refractivity contribution in [3.8, 4) is 0 Å². The third-order valence-electron chi connectivity index (χ3n) is 5.05. The molecule has 0 unspecified atom stereocenters. The Bertz CT molecular complexity index is 1070. The summed E-state index contributed by atoms with van der Waals surface area (Å²) in [4.78, 5) is 48.6. The van der Waals surface area contributed by atoms with E-state index in [1.807, 2.05) is 0 Å². The fourth-order valence-corrected chi connectivity index (χ4v) is 4.27. The third kappa shape index (κ3) is 5.55. The number of benzene rings is 2. The first-order chi connectivity index (χ1) is 15.3. The maximum absolute atomic E-state index is 12.6. The average Bonchev–Trinajstić information content (AvgIpc) is 2.77. The minimum absolute atomic E-state index is 0.0138. The van der Waals surface area contributed by atoms with Crippen LogP contribution < -0.4 is 21.7 Å². The topological polar surface area (TPSA) is 162 Å². The highest BCUT2D eigenvalue weighted by molar-refractivity contribution is 8.00. The van der Waals surface area contributed by atoms with E-state index in [0.717, 1.165) is 55.9 Å². The van der Waals surface area contributed by atoms with Gasteiger partial charge in [0.2, 0.25) is 17.7 Å². The largest absolute Gasteiger partial charge is 0.370 e. The van der Waals surface area contributed by atoms with Gasteiger partial charge in [0.15, 0.2) is 0 Å². The van der Waals surface area contributed by atoms with Crippen molar-refractivity contribution < 1.29 is 19.3 Å². The molecule has 5 N–H and O–H groups in total. The normalized spacial score (nSPS) is 13.4. The van der Waals surface area contributed by atoms with E-state index in [1.54, 1.807) is 18.2 Å². The Labute approximate surface area is 188 Å². The number of piperidine rings is 1. The van der Waals surface area contributed by atoms with E-state index in [2.05, 4.69) is 10.2 Å². The van der Waals surface area contributed by atoms with Crippen molar-refractivity contribution in [2.75, 3.05) is 29.1 Å². The second kappa shape index (κ2) is 10.1. The van der Waals surface area contributed by atoms with Crippen molar-refractivity contribution in [3.05, 3.63) is 57.6 Å². The van der Waals surface area contributed by atoms with Crippen molar-refractivity contribution in [3.63, 3.8) is 0 Å². The van der Waals surface area contributed by atoms with Crippen LogP contribution in [0.4, 0.5) is 17.1 Å². The predicted molar refractivity (Wildman–Crippen MR) is 122 cm³/mol. The molecular weight excluding hydrogens is 434 g/mol. The maximum Gasteiger partial charge on any atom is 0.283 e. The second-order valence-corrected chi connectivity index (χ2v) is 8.30. The van der Waals surface area contributed by atoms with Gasteiger partial charge >= 0.3 is 0 Å². The molecule has 2 aromatic carbocycles. The fourth-order valence-electron chi connectivity index (χ4n) is 3.46. The molecule has 1 saturated heterocycles. The van der Waals surface area contributed by atoms with Gasteiger partial charge in [0.05, 0.1) is 26.9 Å². The summed E-state index contributed by atoms with van der Waals surface area (Å²) in [6.45, 7) is 1.68. The number of nitrogens with zero attached hydrogens (tertiary/aromatic N) is 2. The summed E-state index contributed by atoms with van der Waals surface area (Å²) in [6, 6.07) is 8.79. The first-order valence-electron chi connectivity index (χ1n) is 9.96. The van der Waals surface area contributed by atoms with Crippen LogP contribution in [0.15, 0.2) is 41.3 Å². The van der Waals surface area contributed by atoms with Crippen LogP contribution >= 0.6 is 11.8 Å². The van der Waals surface area contributed by atoms with Crippen LogP contribution in [-0.2, 0) is 4.79 Å². The van der Waals surface area contributed by atoms with Gasteiger partial charge in [0.1, 0.15) is 0 Å². The zero-order chi connectivity index (χ0) is 23.3. The number of nitrogens with one attached hydrogen (secondary N) is 1. The van der Waals surface area contributed by atoms with Gasteiger partial charge in [-0.15, -0.1) is 11.8 Å². The van der Waals surface area contributed by atoms with Crippen LogP contribution in [0.25, 0.3) is 0 Å². The summed E-state index contributed by atoms with van der Waals surface area (Å²) in [7, 11) is 0. The van der Waals surface area contributed by atoms with Gasteiger partial charge in [-0.2, -0.15) is 0 Å². The molecule has 1 aliphatic rings. The zero-order valence-electron chi connectivity index (χ0n) is 17.2. The molecule has 0 saturated carbocycles. The summed E-state index contributed by atoms with van der Waals surface area (Å²) in [5, 5.41) is 14.1. The van der Waals surface area contributed by atoms with Crippen LogP contribution in [-0.4, -0.2) is 41.5 Å². The molecule has 2 aromatic rings. The number of nitro benzene ring substituents is 1. The van der Waals surface area contributed by atoms with Crippen LogP contribution in [0.2, 0.25) is 0 Å². The highest BCUT2D eigenvalue weighted by Gasteiger charge is 2.20. The molecule has 1 heterocycles. The molecule has 0 aliphatic carbocycles. The quantitative estimate of drug-likeness (QED) is 0.311. The smallest absolute Gasteiger partial charge is 0.283 e. The standard InChI is InChI=1S/C21H23N5O5S/c22-20(28)13-4-6-16(25-8-2-1-3-9-25)15(10-13)24-19(27)12-32-18-7-5-14(21(23)29)11-17(18)26(30)31/h4-7,10-11H,1-3,8-9,12H2,(H2,22,28)(H2,23,29)(H,24,27). The fraction of sp³-hybridized carbons (Fsp3) is 0.286. The molecule has 0 radical (unpaired) electrons. The van der Waals surface area contributed by atoms with Gasteiger partial charge in [-0.25, -0.2) is 0 Å². The number of nitrogens with two attached hydrogens (primary N) is 2. The molecule has 0 bridgehead atoms. The summed E-state index contributed by atoms with van der Waals surface area (Å²) < 4.78 is 0. The minimum atomic E-state index is -0.776. The first-order valence-corrected chi connectivity index (χ1v) is 10.9. The summed E-state index contributed by atoms with van der Waals surface area (Å²) in [5.41, 5.74) is 11.8. The number of hydrogen-bond donors (Lipinski definition) is 3. The highest BCUT2D eigenvalue weighted by atomic mass is 32.2. The minimum Gasteiger partial charge on any atom is -0.370 e. The van der Waals surface area contributed by atoms with E-state index in [-0.39, 0.29) is 27.5 Å². The van der Waals surface area contributed by atoms with Crippen molar-refractivity contribution in [2.45, 2.75) is 24.2 Å². The van der Waals surface area contributed by atoms with Gasteiger partial charge in [-0.3, -0.25) is 24.5 Å². The maximum atomic E-state index is 12.6. The number of carbonyl (C=O) groups is 3. The Morgan fingerprint density at radius 1 is 1.00 bits per heavy atom. The zero-order valence-corrected chi connectivity index (χ0v) is 18.0. The average molecular weight is 458 g/mol. The molecule has 3 amide bonds. The molecule has 1 fully saturated rings. The Morgan fingerprint density at radius 2 is 1.62 bits per heavy atom. The lowest BCUT2D eigenvalue weighted by Gasteiger charge is -2.30. The molecule has 0 aromatic heterocycles. The molecule has 0 spiro atoms. The molecule has 10 nitrogen and oxygen atoms in total. The van der Waals surface area contributed by atoms with Crippen LogP contribution in [0, 0.1) is 10.1 Å². The Balaban J connectivity index is 1.77. The summed E-state index contributed by atoms with van der Waals surface area (Å²) in [5.74, 6) is -1.90. The monoisotopic (exact) mass is 457 g/mol. The molecule has 3 rings (SSSR count). The van der Waals surface area contributed by atoms with Crippen LogP contribution in [0.1, 0.15) is 40.0 Å². The van der Waals surface area contributed by atoms with Gasteiger partial charge in [-0.05, 0) is 49.6 Å². The van der Waals surface area contributed by atoms with E-state index in [9.17, 15) is 24.5 Å². The van der Waals surface area contributed by atoms with Crippen molar-refractivity contribution >= 4 is 46.5 Å². The second-order valence-electron chi connectivity index (χ2n) is 7.28. The van der Waals surface area contributed by atoms with Crippen molar-refractivity contribution in [1.29, 1.82) is 0 Å². The number of carbonyl (C=O) groups excluding carboxylic acids is 3. The van der Waals surface area contributed by atoms with E-state index in [1.165, 1.54) is 12.1 Å². The van der Waals surface area contributed by atoms with Gasteiger partial charge < -0.3 is 21.7 Å². The number of rotatable bonds is 8. The number of primary amides is 2. The Morgan fingerprint density at radius 3 is 2.25 bits per heavy atom. The Kier molecular flexibility index (Phi) is 7.31. The third-order valence-corrected chi connectivity index (χ3v) is 6.11. The number of hydrogen-bond acceptors (Lipinski definition) is 7. The number of amides is 3. The predicted octanol–water partition coefficient (Wildman–Crippen LogP) is 2.51. The lowest BCUT2D eigenvalue weighted by Crippen LogP contribution is -2.30. The van der Waals surface area contributed by atoms with Gasteiger partial charge in [0.25, 0.3) is 5.69 Å². The molecule has 168 valence electrons. The van der Waals surface area contributed by atoms with Gasteiger partial charge in [0, 0.05) is 30.3 Å².